The van der Waals surface area contributed by atoms with Gasteiger partial charge in [-0.1, -0.05) is 62.4 Å². The number of amides is 1. The molecule has 0 radical (unpaired) electrons. The monoisotopic (exact) mass is 451 g/mol. The standard InChI is InChI=1S/C24H33N3O.2ClH/c1-20(2)17-24(28)27-15-8-14-26(19-21-9-4-3-5-10-21)16-13-25-18-22-11-6-7-12-23(22)27;;/h3-7,9-12,20,25H,8,13-19H2,1-2H3;2*1H. The maximum atomic E-state index is 13.0. The van der Waals surface area contributed by atoms with Gasteiger partial charge in [0, 0.05) is 51.4 Å². The Morgan fingerprint density at radius 1 is 0.967 bits per heavy atom. The minimum atomic E-state index is 0. The number of hydrogen-bond acceptors (Lipinski definition) is 3. The van der Waals surface area contributed by atoms with Crippen LogP contribution in [-0.2, 0) is 17.9 Å². The quantitative estimate of drug-likeness (QED) is 0.717. The van der Waals surface area contributed by atoms with E-state index >= 15 is 0 Å². The molecule has 0 atom stereocenters. The molecule has 166 valence electrons. The van der Waals surface area contributed by atoms with Gasteiger partial charge in [-0.05, 0) is 29.5 Å². The van der Waals surface area contributed by atoms with Gasteiger partial charge in [-0.25, -0.2) is 0 Å². The number of nitrogens with one attached hydrogen (secondary N) is 1. The highest BCUT2D eigenvalue weighted by atomic mass is 35.5. The number of fused-ring (bicyclic) bond motifs is 1. The highest BCUT2D eigenvalue weighted by Gasteiger charge is 2.20. The molecule has 0 saturated carbocycles. The van der Waals surface area contributed by atoms with Crippen LogP contribution in [0.5, 0.6) is 0 Å². The number of halogens is 2. The van der Waals surface area contributed by atoms with Crippen molar-refractivity contribution in [2.45, 2.75) is 39.8 Å². The van der Waals surface area contributed by atoms with Crippen molar-refractivity contribution in [1.29, 1.82) is 0 Å². The normalized spacial score (nSPS) is 15.4. The number of rotatable bonds is 4. The van der Waals surface area contributed by atoms with Crippen molar-refractivity contribution < 1.29 is 4.79 Å². The third-order valence-electron chi connectivity index (χ3n) is 5.19. The maximum Gasteiger partial charge on any atom is 0.227 e. The second-order valence-corrected chi connectivity index (χ2v) is 8.06. The van der Waals surface area contributed by atoms with Gasteiger partial charge in [0.2, 0.25) is 5.91 Å². The van der Waals surface area contributed by atoms with Crippen molar-refractivity contribution in [3.05, 3.63) is 65.7 Å². The predicted molar refractivity (Wildman–Crippen MR) is 131 cm³/mol. The van der Waals surface area contributed by atoms with Gasteiger partial charge in [0.1, 0.15) is 0 Å². The molecule has 2 aromatic carbocycles. The summed E-state index contributed by atoms with van der Waals surface area (Å²) in [6.45, 7) is 9.69. The van der Waals surface area contributed by atoms with Crippen molar-refractivity contribution in [2.24, 2.45) is 5.92 Å². The lowest BCUT2D eigenvalue weighted by Gasteiger charge is -2.27. The van der Waals surface area contributed by atoms with Gasteiger partial charge in [-0.15, -0.1) is 24.8 Å². The molecule has 0 bridgehead atoms. The van der Waals surface area contributed by atoms with E-state index in [1.807, 2.05) is 11.0 Å². The zero-order valence-corrected chi connectivity index (χ0v) is 19.7. The molecule has 1 heterocycles. The number of para-hydroxylation sites is 1. The Balaban J connectivity index is 0.00000225. The lowest BCUT2D eigenvalue weighted by molar-refractivity contribution is -0.119. The molecule has 1 aliphatic rings. The van der Waals surface area contributed by atoms with Gasteiger partial charge >= 0.3 is 0 Å². The molecule has 1 amide bonds. The first-order valence-electron chi connectivity index (χ1n) is 10.5. The summed E-state index contributed by atoms with van der Waals surface area (Å²) < 4.78 is 0. The first-order chi connectivity index (χ1) is 13.6. The molecule has 0 saturated heterocycles. The van der Waals surface area contributed by atoms with Crippen LogP contribution in [0.4, 0.5) is 5.69 Å². The van der Waals surface area contributed by atoms with Crippen LogP contribution in [0, 0.1) is 5.92 Å². The van der Waals surface area contributed by atoms with Crippen LogP contribution >= 0.6 is 24.8 Å². The van der Waals surface area contributed by atoms with E-state index < -0.39 is 0 Å². The van der Waals surface area contributed by atoms with Crippen LogP contribution in [-0.4, -0.2) is 37.0 Å². The molecule has 4 nitrogen and oxygen atoms in total. The summed E-state index contributed by atoms with van der Waals surface area (Å²) in [7, 11) is 0. The number of hydrogen-bond donors (Lipinski definition) is 1. The van der Waals surface area contributed by atoms with Crippen LogP contribution in [0.2, 0.25) is 0 Å². The Kier molecular flexibility index (Phi) is 12.0. The number of carbonyl (C=O) groups excluding carboxylic acids is 1. The van der Waals surface area contributed by atoms with Crippen molar-refractivity contribution in [3.8, 4) is 0 Å². The first kappa shape index (κ1) is 26.4. The Labute approximate surface area is 193 Å². The molecule has 0 aliphatic carbocycles. The van der Waals surface area contributed by atoms with Gasteiger partial charge in [0.15, 0.2) is 0 Å². The van der Waals surface area contributed by atoms with Crippen LogP contribution in [0.15, 0.2) is 54.6 Å². The molecule has 0 fully saturated rings. The second kappa shape index (κ2) is 13.7. The Hall–Kier alpha value is -1.59. The molecular weight excluding hydrogens is 417 g/mol. The minimum absolute atomic E-state index is 0. The molecule has 0 unspecified atom stereocenters. The third-order valence-corrected chi connectivity index (χ3v) is 5.19. The van der Waals surface area contributed by atoms with Crippen LogP contribution in [0.1, 0.15) is 37.8 Å². The Morgan fingerprint density at radius 2 is 1.67 bits per heavy atom. The smallest absolute Gasteiger partial charge is 0.227 e. The highest BCUT2D eigenvalue weighted by molar-refractivity contribution is 5.94. The number of anilines is 1. The highest BCUT2D eigenvalue weighted by Crippen LogP contribution is 2.23. The van der Waals surface area contributed by atoms with Crippen molar-refractivity contribution in [1.82, 2.24) is 10.2 Å². The fourth-order valence-corrected chi connectivity index (χ4v) is 3.79. The average molecular weight is 452 g/mol. The maximum absolute atomic E-state index is 13.0. The number of nitrogens with zero attached hydrogens (tertiary/aromatic N) is 2. The first-order valence-corrected chi connectivity index (χ1v) is 10.5. The molecule has 0 spiro atoms. The lowest BCUT2D eigenvalue weighted by Crippen LogP contribution is -2.35. The third kappa shape index (κ3) is 7.92. The van der Waals surface area contributed by atoms with Crippen molar-refractivity contribution in [2.75, 3.05) is 31.1 Å². The van der Waals surface area contributed by atoms with Gasteiger partial charge < -0.3 is 10.2 Å². The zero-order valence-electron chi connectivity index (χ0n) is 18.0. The van der Waals surface area contributed by atoms with Crippen LogP contribution < -0.4 is 10.2 Å². The summed E-state index contributed by atoms with van der Waals surface area (Å²) >= 11 is 0. The van der Waals surface area contributed by atoms with Crippen molar-refractivity contribution in [3.63, 3.8) is 0 Å². The van der Waals surface area contributed by atoms with E-state index in [0.29, 0.717) is 12.3 Å². The molecule has 1 N–H and O–H groups in total. The van der Waals surface area contributed by atoms with E-state index in [2.05, 4.69) is 72.6 Å². The largest absolute Gasteiger partial charge is 0.312 e. The van der Waals surface area contributed by atoms with Crippen molar-refractivity contribution >= 4 is 36.4 Å². The Bertz CT molecular complexity index is 755. The summed E-state index contributed by atoms with van der Waals surface area (Å²) in [5.41, 5.74) is 3.61. The number of carbonyl (C=O) groups is 1. The van der Waals surface area contributed by atoms with E-state index in [-0.39, 0.29) is 30.7 Å². The van der Waals surface area contributed by atoms with Crippen LogP contribution in [0.3, 0.4) is 0 Å². The SMILES string of the molecule is CC(C)CC(=O)N1CCCN(Cc2ccccc2)CCNCc2ccccc21.Cl.Cl. The molecule has 1 aliphatic heterocycles. The zero-order chi connectivity index (χ0) is 19.8. The summed E-state index contributed by atoms with van der Waals surface area (Å²) in [4.78, 5) is 17.5. The van der Waals surface area contributed by atoms with E-state index in [0.717, 1.165) is 51.4 Å². The fraction of sp³-hybridized carbons (Fsp3) is 0.458. The summed E-state index contributed by atoms with van der Waals surface area (Å²) in [6, 6.07) is 19.0. The van der Waals surface area contributed by atoms with Gasteiger partial charge in [-0.2, -0.15) is 0 Å². The minimum Gasteiger partial charge on any atom is -0.312 e. The molecular formula is C24H35Cl2N3O. The van der Waals surface area contributed by atoms with E-state index in [4.69, 9.17) is 0 Å². The Morgan fingerprint density at radius 3 is 2.40 bits per heavy atom. The van der Waals surface area contributed by atoms with Gasteiger partial charge in [0.05, 0.1) is 0 Å². The summed E-state index contributed by atoms with van der Waals surface area (Å²) in [5.74, 6) is 0.599. The molecule has 6 heteroatoms. The molecule has 3 rings (SSSR count). The van der Waals surface area contributed by atoms with E-state index in [1.54, 1.807) is 0 Å². The topological polar surface area (TPSA) is 35.6 Å². The predicted octanol–water partition coefficient (Wildman–Crippen LogP) is 4.90. The van der Waals surface area contributed by atoms with E-state index in [1.165, 1.54) is 11.1 Å². The molecule has 30 heavy (non-hydrogen) atoms. The summed E-state index contributed by atoms with van der Waals surface area (Å²) in [6.07, 6.45) is 1.57. The number of benzene rings is 2. The summed E-state index contributed by atoms with van der Waals surface area (Å²) in [5, 5.41) is 3.58. The average Bonchev–Trinajstić information content (AvgIpc) is 2.72. The van der Waals surface area contributed by atoms with Gasteiger partial charge in [0.25, 0.3) is 0 Å². The fourth-order valence-electron chi connectivity index (χ4n) is 3.79. The van der Waals surface area contributed by atoms with E-state index in [9.17, 15) is 4.79 Å². The molecule has 0 aromatic heterocycles. The van der Waals surface area contributed by atoms with Crippen LogP contribution in [0.25, 0.3) is 0 Å². The molecule has 2 aromatic rings. The van der Waals surface area contributed by atoms with Gasteiger partial charge in [-0.3, -0.25) is 9.69 Å². The second-order valence-electron chi connectivity index (χ2n) is 8.06. The lowest BCUT2D eigenvalue weighted by atomic mass is 10.1.